The van der Waals surface area contributed by atoms with Gasteiger partial charge in [0, 0.05) is 26.2 Å². The van der Waals surface area contributed by atoms with Crippen LogP contribution < -0.4 is 0 Å². The third-order valence-electron chi connectivity index (χ3n) is 3.21. The average molecular weight is 264 g/mol. The molecule has 2 heterocycles. The Balaban J connectivity index is 2.04. The van der Waals surface area contributed by atoms with Gasteiger partial charge in [0.1, 0.15) is 0 Å². The zero-order chi connectivity index (χ0) is 12.6. The number of carbonyl (C=O) groups is 1. The van der Waals surface area contributed by atoms with Crippen LogP contribution in [0.25, 0.3) is 0 Å². The highest BCUT2D eigenvalue weighted by Crippen LogP contribution is 2.24. The zero-order valence-corrected chi connectivity index (χ0v) is 10.1. The van der Waals surface area contributed by atoms with E-state index in [0.717, 1.165) is 0 Å². The Labute approximate surface area is 99.8 Å². The van der Waals surface area contributed by atoms with Gasteiger partial charge < -0.3 is 10.2 Å². The van der Waals surface area contributed by atoms with E-state index in [-0.39, 0.29) is 19.6 Å². The normalized spacial score (nSPS) is 28.9. The van der Waals surface area contributed by atoms with Gasteiger partial charge in [0.2, 0.25) is 0 Å². The molecule has 7 nitrogen and oxygen atoms in total. The van der Waals surface area contributed by atoms with Crippen molar-refractivity contribution in [3.63, 3.8) is 0 Å². The van der Waals surface area contributed by atoms with Gasteiger partial charge in [-0.3, -0.25) is 4.79 Å². The molecule has 98 valence electrons. The standard InChI is InChI=1S/C9H16N2O5S/c12-8-5-11(6-8)17(15,16)10-3-1-2-7(4-10)9(13)14/h7-8,12H,1-6H2,(H,13,14). The molecular weight excluding hydrogens is 248 g/mol. The smallest absolute Gasteiger partial charge is 0.307 e. The number of nitrogens with zero attached hydrogens (tertiary/aromatic N) is 2. The Hall–Kier alpha value is -0.700. The number of hydrogen-bond donors (Lipinski definition) is 2. The van der Waals surface area contributed by atoms with Crippen LogP contribution in [-0.4, -0.2) is 65.5 Å². The van der Waals surface area contributed by atoms with Crippen LogP contribution in [0, 0.1) is 5.92 Å². The molecule has 2 saturated heterocycles. The summed E-state index contributed by atoms with van der Waals surface area (Å²) in [6.45, 7) is 0.607. The number of aliphatic carboxylic acids is 1. The fourth-order valence-corrected chi connectivity index (χ4v) is 3.90. The van der Waals surface area contributed by atoms with Gasteiger partial charge in [-0.25, -0.2) is 0 Å². The maximum absolute atomic E-state index is 12.0. The Morgan fingerprint density at radius 3 is 2.35 bits per heavy atom. The largest absolute Gasteiger partial charge is 0.481 e. The maximum atomic E-state index is 12.0. The Kier molecular flexibility index (Phi) is 3.39. The van der Waals surface area contributed by atoms with E-state index in [2.05, 4.69) is 0 Å². The van der Waals surface area contributed by atoms with Gasteiger partial charge in [0.15, 0.2) is 0 Å². The monoisotopic (exact) mass is 264 g/mol. The first-order chi connectivity index (χ1) is 7.91. The summed E-state index contributed by atoms with van der Waals surface area (Å²) in [6.07, 6.45) is 0.487. The van der Waals surface area contributed by atoms with Crippen molar-refractivity contribution in [2.45, 2.75) is 18.9 Å². The number of β-amino-alcohol motifs (C(OH)–C–C–N with tert-alkyl or cyclic N) is 1. The quantitative estimate of drug-likeness (QED) is 0.660. The summed E-state index contributed by atoms with van der Waals surface area (Å²) in [5.74, 6) is -1.57. The summed E-state index contributed by atoms with van der Waals surface area (Å²) >= 11 is 0. The lowest BCUT2D eigenvalue weighted by atomic mass is 10.0. The maximum Gasteiger partial charge on any atom is 0.307 e. The lowest BCUT2D eigenvalue weighted by molar-refractivity contribution is -0.142. The first-order valence-corrected chi connectivity index (χ1v) is 6.97. The highest BCUT2D eigenvalue weighted by atomic mass is 32.2. The molecule has 2 aliphatic heterocycles. The molecule has 2 N–H and O–H groups in total. The predicted octanol–water partition coefficient (Wildman–Crippen LogP) is -1.30. The second kappa shape index (κ2) is 4.52. The van der Waals surface area contributed by atoms with Crippen molar-refractivity contribution >= 4 is 16.2 Å². The Bertz CT molecular complexity index is 404. The van der Waals surface area contributed by atoms with E-state index in [9.17, 15) is 13.2 Å². The SMILES string of the molecule is O=C(O)C1CCCN(S(=O)(=O)N2CC(O)C2)C1. The molecule has 0 spiro atoms. The molecule has 2 aliphatic rings. The molecule has 0 aromatic rings. The molecule has 2 rings (SSSR count). The van der Waals surface area contributed by atoms with E-state index in [1.807, 2.05) is 0 Å². The zero-order valence-electron chi connectivity index (χ0n) is 9.32. The van der Waals surface area contributed by atoms with Crippen LogP contribution in [0.4, 0.5) is 0 Å². The van der Waals surface area contributed by atoms with Gasteiger partial charge >= 0.3 is 5.97 Å². The predicted molar refractivity (Wildman–Crippen MR) is 58.4 cm³/mol. The van der Waals surface area contributed by atoms with Gasteiger partial charge in [-0.05, 0) is 12.8 Å². The molecule has 0 bridgehead atoms. The third-order valence-corrected chi connectivity index (χ3v) is 5.15. The Morgan fingerprint density at radius 1 is 1.18 bits per heavy atom. The lowest BCUT2D eigenvalue weighted by Gasteiger charge is -2.40. The molecule has 17 heavy (non-hydrogen) atoms. The molecule has 0 amide bonds. The molecule has 8 heteroatoms. The minimum absolute atomic E-state index is 0.0320. The fraction of sp³-hybridized carbons (Fsp3) is 0.889. The van der Waals surface area contributed by atoms with E-state index in [0.29, 0.717) is 19.4 Å². The van der Waals surface area contributed by atoms with Gasteiger partial charge in [-0.15, -0.1) is 0 Å². The van der Waals surface area contributed by atoms with Crippen LogP contribution in [0.1, 0.15) is 12.8 Å². The number of aliphatic hydroxyl groups is 1. The molecular formula is C9H16N2O5S. The average Bonchev–Trinajstić information content (AvgIpc) is 2.25. The lowest BCUT2D eigenvalue weighted by Crippen LogP contribution is -2.59. The van der Waals surface area contributed by atoms with E-state index < -0.39 is 28.2 Å². The van der Waals surface area contributed by atoms with Crippen molar-refractivity contribution in [2.75, 3.05) is 26.2 Å². The van der Waals surface area contributed by atoms with Gasteiger partial charge in [-0.2, -0.15) is 17.0 Å². The van der Waals surface area contributed by atoms with Crippen molar-refractivity contribution < 1.29 is 23.4 Å². The van der Waals surface area contributed by atoms with Crippen LogP contribution in [0.5, 0.6) is 0 Å². The molecule has 0 radical (unpaired) electrons. The highest BCUT2D eigenvalue weighted by molar-refractivity contribution is 7.86. The van der Waals surface area contributed by atoms with Crippen molar-refractivity contribution in [3.8, 4) is 0 Å². The van der Waals surface area contributed by atoms with E-state index in [1.165, 1.54) is 8.61 Å². The first kappa shape index (κ1) is 12.7. The number of aliphatic hydroxyl groups excluding tert-OH is 1. The second-order valence-corrected chi connectivity index (χ2v) is 6.44. The minimum Gasteiger partial charge on any atom is -0.481 e. The molecule has 0 aliphatic carbocycles. The topological polar surface area (TPSA) is 98.2 Å². The third kappa shape index (κ3) is 2.44. The number of carboxylic acid groups (broad SMARTS) is 1. The molecule has 0 aromatic carbocycles. The number of carboxylic acids is 1. The van der Waals surface area contributed by atoms with Crippen LogP contribution in [0.3, 0.4) is 0 Å². The number of piperidine rings is 1. The van der Waals surface area contributed by atoms with Gasteiger partial charge in [0.25, 0.3) is 10.2 Å². The fourth-order valence-electron chi connectivity index (χ4n) is 2.12. The van der Waals surface area contributed by atoms with Gasteiger partial charge in [0.05, 0.1) is 12.0 Å². The van der Waals surface area contributed by atoms with E-state index >= 15 is 0 Å². The van der Waals surface area contributed by atoms with Crippen LogP contribution in [0.2, 0.25) is 0 Å². The molecule has 1 atom stereocenters. The number of hydrogen-bond acceptors (Lipinski definition) is 4. The molecule has 1 unspecified atom stereocenters. The molecule has 0 aromatic heterocycles. The number of rotatable bonds is 3. The summed E-state index contributed by atoms with van der Waals surface area (Å²) in [7, 11) is -3.58. The van der Waals surface area contributed by atoms with Crippen LogP contribution in [-0.2, 0) is 15.0 Å². The van der Waals surface area contributed by atoms with Crippen LogP contribution in [0.15, 0.2) is 0 Å². The van der Waals surface area contributed by atoms with E-state index in [4.69, 9.17) is 10.2 Å². The molecule has 2 fully saturated rings. The summed E-state index contributed by atoms with van der Waals surface area (Å²) < 4.78 is 26.5. The van der Waals surface area contributed by atoms with E-state index in [1.54, 1.807) is 0 Å². The second-order valence-electron chi connectivity index (χ2n) is 4.51. The van der Waals surface area contributed by atoms with Crippen molar-refractivity contribution in [2.24, 2.45) is 5.92 Å². The van der Waals surface area contributed by atoms with Crippen molar-refractivity contribution in [3.05, 3.63) is 0 Å². The van der Waals surface area contributed by atoms with Crippen molar-refractivity contribution in [1.82, 2.24) is 8.61 Å². The van der Waals surface area contributed by atoms with Crippen LogP contribution >= 0.6 is 0 Å². The summed E-state index contributed by atoms with van der Waals surface area (Å²) in [4.78, 5) is 10.9. The Morgan fingerprint density at radius 2 is 1.82 bits per heavy atom. The minimum atomic E-state index is -3.58. The van der Waals surface area contributed by atoms with Crippen molar-refractivity contribution in [1.29, 1.82) is 0 Å². The van der Waals surface area contributed by atoms with Gasteiger partial charge in [-0.1, -0.05) is 0 Å². The summed E-state index contributed by atoms with van der Waals surface area (Å²) in [6, 6.07) is 0. The summed E-state index contributed by atoms with van der Waals surface area (Å²) in [5, 5.41) is 18.0. The summed E-state index contributed by atoms with van der Waals surface area (Å²) in [5.41, 5.74) is 0. The highest BCUT2D eigenvalue weighted by Gasteiger charge is 2.41. The molecule has 0 saturated carbocycles. The first-order valence-electron chi connectivity index (χ1n) is 5.57.